The van der Waals surface area contributed by atoms with Crippen LogP contribution in [0.5, 0.6) is 11.5 Å². The van der Waals surface area contributed by atoms with Crippen molar-refractivity contribution in [3.05, 3.63) is 65.4 Å². The number of nitrogens with one attached hydrogen (secondary N) is 1. The van der Waals surface area contributed by atoms with E-state index in [-0.39, 0.29) is 30.2 Å². The number of carbonyl (C=O) groups excluding carboxylic acids is 1. The SMILES string of the molecule is CC(C)C1=C2C(=NC(C)(C)CN1)C(=O)N(c1ccccc1)C2c1ccc2c(c1)OCO2. The quantitative estimate of drug-likeness (QED) is 0.812. The lowest BCUT2D eigenvalue weighted by Crippen LogP contribution is -2.35. The van der Waals surface area contributed by atoms with Gasteiger partial charge in [-0.15, -0.1) is 0 Å². The molecule has 6 nitrogen and oxygen atoms in total. The summed E-state index contributed by atoms with van der Waals surface area (Å²) in [6.45, 7) is 9.31. The summed E-state index contributed by atoms with van der Waals surface area (Å²) in [5.41, 5.74) is 4.00. The highest BCUT2D eigenvalue weighted by Crippen LogP contribution is 2.45. The van der Waals surface area contributed by atoms with Crippen molar-refractivity contribution in [2.24, 2.45) is 10.9 Å². The Morgan fingerprint density at radius 2 is 1.84 bits per heavy atom. The molecule has 0 aliphatic carbocycles. The third-order valence-electron chi connectivity index (χ3n) is 5.95. The molecule has 1 saturated heterocycles. The van der Waals surface area contributed by atoms with Crippen LogP contribution in [0.1, 0.15) is 39.3 Å². The standard InChI is InChI=1S/C25H27N3O3/c1-15(2)21-20-22(27-25(3,4)13-26-21)24(29)28(17-8-6-5-7-9-17)23(20)16-10-11-18-19(12-16)31-14-30-18/h5-12,15,23,26H,13-14H2,1-4H3. The van der Waals surface area contributed by atoms with E-state index in [9.17, 15) is 4.79 Å². The fourth-order valence-electron chi connectivity index (χ4n) is 4.51. The van der Waals surface area contributed by atoms with Crippen LogP contribution in [-0.4, -0.2) is 30.5 Å². The summed E-state index contributed by atoms with van der Waals surface area (Å²) in [6, 6.07) is 15.4. The molecule has 3 aliphatic rings. The number of benzene rings is 2. The van der Waals surface area contributed by atoms with Crippen LogP contribution < -0.4 is 19.7 Å². The molecule has 1 N–H and O–H groups in total. The Kier molecular flexibility index (Phi) is 4.54. The summed E-state index contributed by atoms with van der Waals surface area (Å²) in [5, 5.41) is 3.62. The molecule has 6 heteroatoms. The van der Waals surface area contributed by atoms with E-state index in [0.717, 1.165) is 28.3 Å². The Morgan fingerprint density at radius 3 is 2.58 bits per heavy atom. The zero-order chi connectivity index (χ0) is 21.8. The molecule has 0 bridgehead atoms. The minimum absolute atomic E-state index is 0.0706. The molecule has 1 atom stereocenters. The van der Waals surface area contributed by atoms with Crippen molar-refractivity contribution in [1.82, 2.24) is 5.32 Å². The minimum Gasteiger partial charge on any atom is -0.454 e. The second-order valence-electron chi connectivity index (χ2n) is 9.13. The van der Waals surface area contributed by atoms with Crippen molar-refractivity contribution in [2.75, 3.05) is 18.2 Å². The van der Waals surface area contributed by atoms with Crippen molar-refractivity contribution < 1.29 is 14.3 Å². The summed E-state index contributed by atoms with van der Waals surface area (Å²) in [6.07, 6.45) is 0. The molecule has 3 aliphatic heterocycles. The van der Waals surface area contributed by atoms with Crippen LogP contribution in [0.3, 0.4) is 0 Å². The predicted molar refractivity (Wildman–Crippen MR) is 121 cm³/mol. The van der Waals surface area contributed by atoms with Gasteiger partial charge in [-0.05, 0) is 49.6 Å². The van der Waals surface area contributed by atoms with Gasteiger partial charge in [0.15, 0.2) is 11.5 Å². The highest BCUT2D eigenvalue weighted by Gasteiger charge is 2.47. The average molecular weight is 418 g/mol. The number of anilines is 1. The topological polar surface area (TPSA) is 63.2 Å². The third kappa shape index (κ3) is 3.26. The number of fused-ring (bicyclic) bond motifs is 2. The van der Waals surface area contributed by atoms with Gasteiger partial charge in [0.25, 0.3) is 5.91 Å². The molecule has 1 fully saturated rings. The number of ether oxygens (including phenoxy) is 2. The summed E-state index contributed by atoms with van der Waals surface area (Å²) in [7, 11) is 0. The predicted octanol–water partition coefficient (Wildman–Crippen LogP) is 4.24. The lowest BCUT2D eigenvalue weighted by atomic mass is 9.92. The molecule has 160 valence electrons. The van der Waals surface area contributed by atoms with Gasteiger partial charge in [0.05, 0.1) is 11.6 Å². The normalized spacial score (nSPS) is 21.7. The Balaban J connectivity index is 1.77. The number of carbonyl (C=O) groups is 1. The lowest BCUT2D eigenvalue weighted by molar-refractivity contribution is -0.112. The van der Waals surface area contributed by atoms with Crippen LogP contribution in [0.4, 0.5) is 5.69 Å². The van der Waals surface area contributed by atoms with E-state index in [1.165, 1.54) is 0 Å². The van der Waals surface area contributed by atoms with E-state index < -0.39 is 0 Å². The van der Waals surface area contributed by atoms with Gasteiger partial charge in [-0.1, -0.05) is 38.1 Å². The summed E-state index contributed by atoms with van der Waals surface area (Å²) in [4.78, 5) is 20.7. The Labute approximate surface area is 182 Å². The summed E-state index contributed by atoms with van der Waals surface area (Å²) >= 11 is 0. The van der Waals surface area contributed by atoms with Crippen LogP contribution >= 0.6 is 0 Å². The number of rotatable bonds is 3. The summed E-state index contributed by atoms with van der Waals surface area (Å²) < 4.78 is 11.2. The van der Waals surface area contributed by atoms with Gasteiger partial charge < -0.3 is 14.8 Å². The first kappa shape index (κ1) is 19.7. The van der Waals surface area contributed by atoms with E-state index in [1.807, 2.05) is 53.4 Å². The first-order chi connectivity index (χ1) is 14.9. The molecule has 2 aromatic rings. The smallest absolute Gasteiger partial charge is 0.277 e. The van der Waals surface area contributed by atoms with E-state index in [1.54, 1.807) is 0 Å². The molecular formula is C25H27N3O3. The summed E-state index contributed by atoms with van der Waals surface area (Å²) in [5.74, 6) is 1.58. The molecule has 2 aromatic carbocycles. The fraction of sp³-hybridized carbons (Fsp3) is 0.360. The molecule has 0 aromatic heterocycles. The first-order valence-corrected chi connectivity index (χ1v) is 10.7. The van der Waals surface area contributed by atoms with Crippen LogP contribution in [0.2, 0.25) is 0 Å². The van der Waals surface area contributed by atoms with E-state index >= 15 is 0 Å². The second-order valence-corrected chi connectivity index (χ2v) is 9.13. The molecule has 5 rings (SSSR count). The van der Waals surface area contributed by atoms with Crippen LogP contribution in [-0.2, 0) is 4.79 Å². The monoisotopic (exact) mass is 417 g/mol. The Morgan fingerprint density at radius 1 is 1.10 bits per heavy atom. The highest BCUT2D eigenvalue weighted by molar-refractivity contribution is 6.53. The van der Waals surface area contributed by atoms with E-state index in [2.05, 4.69) is 33.0 Å². The van der Waals surface area contributed by atoms with Crippen molar-refractivity contribution in [2.45, 2.75) is 39.3 Å². The maximum Gasteiger partial charge on any atom is 0.277 e. The first-order valence-electron chi connectivity index (χ1n) is 10.7. The van der Waals surface area contributed by atoms with Crippen molar-refractivity contribution in [3.8, 4) is 11.5 Å². The molecule has 0 spiro atoms. The van der Waals surface area contributed by atoms with Crippen LogP contribution in [0.25, 0.3) is 0 Å². The number of hydrogen-bond acceptors (Lipinski definition) is 5. The molecular weight excluding hydrogens is 390 g/mol. The van der Waals surface area contributed by atoms with Gasteiger partial charge in [0.1, 0.15) is 5.71 Å². The van der Waals surface area contributed by atoms with Crippen LogP contribution in [0, 0.1) is 5.92 Å². The van der Waals surface area contributed by atoms with Gasteiger partial charge >= 0.3 is 0 Å². The fourth-order valence-corrected chi connectivity index (χ4v) is 4.51. The van der Waals surface area contributed by atoms with Crippen LogP contribution in [0.15, 0.2) is 64.8 Å². The number of aliphatic imine (C=N–C) groups is 1. The van der Waals surface area contributed by atoms with Gasteiger partial charge in [0.2, 0.25) is 6.79 Å². The highest BCUT2D eigenvalue weighted by atomic mass is 16.7. The van der Waals surface area contributed by atoms with Gasteiger partial charge in [0, 0.05) is 23.5 Å². The van der Waals surface area contributed by atoms with Crippen molar-refractivity contribution in [1.29, 1.82) is 0 Å². The Hall–Kier alpha value is -3.28. The van der Waals surface area contributed by atoms with Gasteiger partial charge in [-0.2, -0.15) is 0 Å². The minimum atomic E-state index is -0.390. The maximum absolute atomic E-state index is 13.8. The molecule has 1 unspecified atom stereocenters. The van der Waals surface area contributed by atoms with E-state index in [0.29, 0.717) is 18.0 Å². The van der Waals surface area contributed by atoms with Gasteiger partial charge in [-0.3, -0.25) is 14.7 Å². The maximum atomic E-state index is 13.8. The van der Waals surface area contributed by atoms with E-state index in [4.69, 9.17) is 14.5 Å². The zero-order valence-electron chi connectivity index (χ0n) is 18.3. The number of nitrogens with zero attached hydrogens (tertiary/aromatic N) is 2. The Bertz CT molecular complexity index is 1100. The van der Waals surface area contributed by atoms with Crippen molar-refractivity contribution in [3.63, 3.8) is 0 Å². The molecule has 1 amide bonds. The van der Waals surface area contributed by atoms with Crippen molar-refractivity contribution >= 4 is 17.3 Å². The molecule has 0 radical (unpaired) electrons. The molecule has 3 heterocycles. The number of para-hydroxylation sites is 1. The number of allylic oxidation sites excluding steroid dienone is 1. The number of hydrogen-bond donors (Lipinski definition) is 1. The average Bonchev–Trinajstić information content (AvgIpc) is 3.27. The zero-order valence-corrected chi connectivity index (χ0v) is 18.3. The lowest BCUT2D eigenvalue weighted by Gasteiger charge is -2.28. The largest absolute Gasteiger partial charge is 0.454 e. The number of amides is 1. The third-order valence-corrected chi connectivity index (χ3v) is 5.95. The molecule has 0 saturated carbocycles. The van der Waals surface area contributed by atoms with Gasteiger partial charge in [-0.25, -0.2) is 0 Å². The second kappa shape index (κ2) is 7.15. The molecule has 31 heavy (non-hydrogen) atoms.